The normalized spacial score (nSPS) is 21.9. The number of carbonyl (C=O) groups excluding carboxylic acids is 1. The van der Waals surface area contributed by atoms with Crippen molar-refractivity contribution in [2.24, 2.45) is 22.9 Å². The van der Waals surface area contributed by atoms with Crippen molar-refractivity contribution < 1.29 is 43.5 Å². The van der Waals surface area contributed by atoms with E-state index in [1.54, 1.807) is 29.8 Å². The van der Waals surface area contributed by atoms with Crippen LogP contribution in [0.3, 0.4) is 0 Å². The first-order valence-corrected chi connectivity index (χ1v) is 25.4. The topological polar surface area (TPSA) is 129 Å². The molecule has 1 amide bonds. The molecular formula is C57H66N2O9S. The number of oxime groups is 1. The molecule has 2 N–H and O–H groups in total. The van der Waals surface area contributed by atoms with Gasteiger partial charge in [-0.05, 0) is 95.3 Å². The van der Waals surface area contributed by atoms with Gasteiger partial charge in [-0.15, -0.1) is 18.3 Å². The van der Waals surface area contributed by atoms with Gasteiger partial charge in [0.15, 0.2) is 0 Å². The van der Waals surface area contributed by atoms with E-state index in [9.17, 15) is 10.2 Å². The standard InChI is InChI=1S/C57H66N2O9S/c1-3-31-67-57-53(59(39-44-22-16-21-42-19-10-11-25-47(42)44)56(62)66-33-32-64-40-41-17-6-4-7-18-41)38-51(58-63-2)49-36-43(20-12-14-29-60)48(26-13-15-30-61)54(55(49)57)50-37-45(27-28-52(50)68-57)65-34-35-69-46-23-8-5-9-24-46/h3-11,16-19,21-25,27-28,36-37,43,48,53-55,60-61H,1,12-15,20,26,29-35,38-40H2,2H3/t43-,48+,53-,54+,55+,57+/m0/s1. The monoisotopic (exact) mass is 954 g/mol. The minimum absolute atomic E-state index is 0.0277. The van der Waals surface area contributed by atoms with Crippen LogP contribution < -0.4 is 9.47 Å². The Morgan fingerprint density at radius 3 is 2.42 bits per heavy atom. The molecule has 2 aliphatic carbocycles. The fourth-order valence-electron chi connectivity index (χ4n) is 10.6. The maximum Gasteiger partial charge on any atom is 0.410 e. The molecule has 1 fully saturated rings. The summed E-state index contributed by atoms with van der Waals surface area (Å²) in [6.45, 7) is 5.74. The lowest BCUT2D eigenvalue weighted by molar-refractivity contribution is -0.256. The summed E-state index contributed by atoms with van der Waals surface area (Å²) in [6, 6.07) is 39.8. The van der Waals surface area contributed by atoms with Crippen molar-refractivity contribution in [1.82, 2.24) is 4.90 Å². The molecule has 8 rings (SSSR count). The second-order valence-corrected chi connectivity index (χ2v) is 19.1. The molecule has 11 nitrogen and oxygen atoms in total. The smallest absolute Gasteiger partial charge is 0.410 e. The average Bonchev–Trinajstić information content (AvgIpc) is 3.38. The van der Waals surface area contributed by atoms with Crippen LogP contribution in [0, 0.1) is 17.8 Å². The lowest BCUT2D eigenvalue weighted by atomic mass is 9.55. The van der Waals surface area contributed by atoms with Gasteiger partial charge in [-0.3, -0.25) is 4.90 Å². The minimum Gasteiger partial charge on any atom is -0.493 e. The Balaban J connectivity index is 1.23. The summed E-state index contributed by atoms with van der Waals surface area (Å²) >= 11 is 1.75. The number of rotatable bonds is 25. The Morgan fingerprint density at radius 1 is 0.884 bits per heavy atom. The zero-order chi connectivity index (χ0) is 47.8. The number of thioether (sulfide) groups is 1. The van der Waals surface area contributed by atoms with Crippen LogP contribution in [-0.4, -0.2) is 91.3 Å². The molecule has 3 aliphatic rings. The van der Waals surface area contributed by atoms with Gasteiger partial charge in [-0.1, -0.05) is 121 Å². The Kier molecular flexibility index (Phi) is 17.9. The average molecular weight is 955 g/mol. The van der Waals surface area contributed by atoms with Gasteiger partial charge < -0.3 is 38.7 Å². The third-order valence-corrected chi connectivity index (χ3v) is 14.6. The number of unbranched alkanes of at least 4 members (excludes halogenated alkanes) is 2. The highest BCUT2D eigenvalue weighted by Crippen LogP contribution is 2.62. The zero-order valence-electron chi connectivity index (χ0n) is 39.7. The van der Waals surface area contributed by atoms with Gasteiger partial charge in [-0.2, -0.15) is 0 Å². The van der Waals surface area contributed by atoms with Crippen LogP contribution in [0.5, 0.6) is 11.5 Å². The van der Waals surface area contributed by atoms with Crippen LogP contribution in [0.15, 0.2) is 156 Å². The molecule has 0 unspecified atom stereocenters. The molecule has 1 heterocycles. The fraction of sp³-hybridized carbons (Fsp3) is 0.404. The molecule has 364 valence electrons. The third kappa shape index (κ3) is 11.9. The summed E-state index contributed by atoms with van der Waals surface area (Å²) in [6.07, 6.45) is 8.41. The van der Waals surface area contributed by atoms with E-state index in [0.29, 0.717) is 37.5 Å². The number of carbonyl (C=O) groups is 1. The summed E-state index contributed by atoms with van der Waals surface area (Å²) in [5.41, 5.74) is 4.62. The highest BCUT2D eigenvalue weighted by atomic mass is 32.2. The molecule has 0 aromatic heterocycles. The van der Waals surface area contributed by atoms with Crippen molar-refractivity contribution in [2.45, 2.75) is 80.7 Å². The van der Waals surface area contributed by atoms with E-state index in [2.05, 4.69) is 55.1 Å². The molecule has 0 spiro atoms. The number of fused-ring (bicyclic) bond motifs is 3. The first kappa shape index (κ1) is 49.8. The van der Waals surface area contributed by atoms with Crippen molar-refractivity contribution in [3.63, 3.8) is 0 Å². The Labute approximate surface area is 411 Å². The summed E-state index contributed by atoms with van der Waals surface area (Å²) in [5.74, 6) is 0.166. The molecule has 12 heteroatoms. The van der Waals surface area contributed by atoms with E-state index < -0.39 is 23.8 Å². The first-order chi connectivity index (χ1) is 34.0. The Hall–Kier alpha value is -5.63. The number of allylic oxidation sites excluding steroid dienone is 1. The second-order valence-electron chi connectivity index (χ2n) is 17.9. The van der Waals surface area contributed by atoms with Crippen molar-refractivity contribution in [3.8, 4) is 11.5 Å². The fourth-order valence-corrected chi connectivity index (χ4v) is 11.4. The molecule has 6 atom stereocenters. The molecular weight excluding hydrogens is 889 g/mol. The van der Waals surface area contributed by atoms with Crippen LogP contribution in [-0.2, 0) is 32.2 Å². The van der Waals surface area contributed by atoms with Crippen molar-refractivity contribution >= 4 is 34.3 Å². The van der Waals surface area contributed by atoms with Gasteiger partial charge in [0.25, 0.3) is 0 Å². The van der Waals surface area contributed by atoms with E-state index in [4.69, 9.17) is 33.7 Å². The molecule has 1 saturated carbocycles. The lowest BCUT2D eigenvalue weighted by Gasteiger charge is -2.59. The zero-order valence-corrected chi connectivity index (χ0v) is 40.5. The predicted molar refractivity (Wildman–Crippen MR) is 272 cm³/mol. The summed E-state index contributed by atoms with van der Waals surface area (Å²) < 4.78 is 33.4. The number of aliphatic hydroxyl groups is 2. The molecule has 5 aromatic carbocycles. The highest BCUT2D eigenvalue weighted by Gasteiger charge is 2.65. The minimum atomic E-state index is -1.46. The first-order valence-electron chi connectivity index (χ1n) is 24.4. The Bertz CT molecular complexity index is 2500. The van der Waals surface area contributed by atoms with Crippen LogP contribution in [0.2, 0.25) is 0 Å². The Morgan fingerprint density at radius 2 is 1.64 bits per heavy atom. The van der Waals surface area contributed by atoms with Gasteiger partial charge >= 0.3 is 6.09 Å². The van der Waals surface area contributed by atoms with E-state index in [-0.39, 0.29) is 63.8 Å². The maximum atomic E-state index is 15.1. The number of hydrogen-bond acceptors (Lipinski definition) is 11. The van der Waals surface area contributed by atoms with Crippen molar-refractivity contribution in [2.75, 3.05) is 52.5 Å². The summed E-state index contributed by atoms with van der Waals surface area (Å²) in [7, 11) is 1.55. The van der Waals surface area contributed by atoms with Gasteiger partial charge in [0.05, 0.1) is 44.6 Å². The molecule has 0 bridgehead atoms. The lowest BCUT2D eigenvalue weighted by Crippen LogP contribution is -2.70. The molecule has 0 saturated heterocycles. The highest BCUT2D eigenvalue weighted by molar-refractivity contribution is 7.99. The van der Waals surface area contributed by atoms with E-state index in [1.807, 2.05) is 78.9 Å². The van der Waals surface area contributed by atoms with Crippen LogP contribution >= 0.6 is 11.8 Å². The second kappa shape index (κ2) is 24.8. The molecule has 5 aromatic rings. The molecule has 1 aliphatic heterocycles. The van der Waals surface area contributed by atoms with Gasteiger partial charge in [0.1, 0.15) is 31.3 Å². The van der Waals surface area contributed by atoms with Crippen LogP contribution in [0.4, 0.5) is 4.79 Å². The van der Waals surface area contributed by atoms with Crippen molar-refractivity contribution in [3.05, 3.63) is 162 Å². The molecule has 69 heavy (non-hydrogen) atoms. The molecule has 0 radical (unpaired) electrons. The number of nitrogens with zero attached hydrogens (tertiary/aromatic N) is 2. The van der Waals surface area contributed by atoms with Crippen LogP contribution in [0.1, 0.15) is 67.6 Å². The van der Waals surface area contributed by atoms with E-state index >= 15 is 4.79 Å². The summed E-state index contributed by atoms with van der Waals surface area (Å²) in [4.78, 5) is 23.8. The quantitative estimate of drug-likeness (QED) is 0.0252. The van der Waals surface area contributed by atoms with Gasteiger partial charge in [0, 0.05) is 41.8 Å². The largest absolute Gasteiger partial charge is 0.493 e. The van der Waals surface area contributed by atoms with Gasteiger partial charge in [0.2, 0.25) is 5.79 Å². The SMILES string of the molecule is C=CCO[C@@]12Oc3ccc(OCCSc4ccccc4)cc3[C@H]3[C@H](CCCCO)[C@@H](CCCCO)C=C(C(=NOC)C[C@@H]1N(Cc1cccc4ccccc14)C(=O)OCCOCc1ccccc1)[C@H]32. The number of aliphatic hydroxyl groups excluding tert-OH is 2. The number of ether oxygens (including phenoxy) is 5. The number of benzene rings is 5. The van der Waals surface area contributed by atoms with E-state index in [1.165, 1.54) is 4.90 Å². The number of amides is 1. The van der Waals surface area contributed by atoms with Crippen LogP contribution in [0.25, 0.3) is 10.8 Å². The summed E-state index contributed by atoms with van der Waals surface area (Å²) in [5, 5.41) is 26.9. The van der Waals surface area contributed by atoms with Gasteiger partial charge in [-0.25, -0.2) is 4.79 Å². The van der Waals surface area contributed by atoms with Crippen molar-refractivity contribution in [1.29, 1.82) is 0 Å². The maximum absolute atomic E-state index is 15.1. The predicted octanol–water partition coefficient (Wildman–Crippen LogP) is 11.1. The third-order valence-electron chi connectivity index (χ3n) is 13.6. The number of hydrogen-bond donors (Lipinski definition) is 2. The van der Waals surface area contributed by atoms with E-state index in [0.717, 1.165) is 70.2 Å².